The van der Waals surface area contributed by atoms with Gasteiger partial charge in [0.15, 0.2) is 0 Å². The molecular weight excluding hydrogens is 346 g/mol. The van der Waals surface area contributed by atoms with Crippen LogP contribution in [0.5, 0.6) is 0 Å². The summed E-state index contributed by atoms with van der Waals surface area (Å²) >= 11 is 5.97. The lowest BCUT2D eigenvalue weighted by Crippen LogP contribution is -2.33. The summed E-state index contributed by atoms with van der Waals surface area (Å²) in [5, 5.41) is 4.10. The SMILES string of the molecule is Cc1cccc(C)c1N[C@@H]1c2ccccc2C(=O)N1c1ccc(Cl)cn1. The van der Waals surface area contributed by atoms with Crippen LogP contribution < -0.4 is 10.2 Å². The number of halogens is 1. The number of nitrogens with one attached hydrogen (secondary N) is 1. The molecule has 1 aliphatic rings. The van der Waals surface area contributed by atoms with Gasteiger partial charge in [0.2, 0.25) is 0 Å². The third kappa shape index (κ3) is 2.72. The number of carbonyl (C=O) groups excluding carboxylic acids is 1. The first kappa shape index (κ1) is 16.6. The number of rotatable bonds is 3. The second kappa shape index (κ2) is 6.46. The van der Waals surface area contributed by atoms with Crippen molar-refractivity contribution in [2.24, 2.45) is 0 Å². The number of fused-ring (bicyclic) bond motifs is 1. The maximum atomic E-state index is 13.1. The molecule has 2 heterocycles. The molecule has 4 nitrogen and oxygen atoms in total. The van der Waals surface area contributed by atoms with Gasteiger partial charge in [-0.05, 0) is 43.2 Å². The summed E-state index contributed by atoms with van der Waals surface area (Å²) in [7, 11) is 0. The number of anilines is 2. The molecule has 1 amide bonds. The molecule has 0 unspecified atom stereocenters. The Hall–Kier alpha value is -2.85. The van der Waals surface area contributed by atoms with E-state index in [1.807, 2.05) is 30.3 Å². The molecule has 1 aromatic heterocycles. The molecule has 0 fully saturated rings. The molecule has 0 saturated carbocycles. The van der Waals surface area contributed by atoms with Crippen LogP contribution in [0.4, 0.5) is 11.5 Å². The smallest absolute Gasteiger partial charge is 0.261 e. The van der Waals surface area contributed by atoms with Gasteiger partial charge in [-0.2, -0.15) is 0 Å². The molecule has 3 aromatic rings. The maximum absolute atomic E-state index is 13.1. The molecule has 0 saturated heterocycles. The highest BCUT2D eigenvalue weighted by Crippen LogP contribution is 2.38. The molecule has 1 N–H and O–H groups in total. The molecule has 1 aliphatic heterocycles. The van der Waals surface area contributed by atoms with Crippen molar-refractivity contribution in [3.05, 3.63) is 88.1 Å². The van der Waals surface area contributed by atoms with Crippen molar-refractivity contribution in [3.63, 3.8) is 0 Å². The monoisotopic (exact) mass is 363 g/mol. The third-order valence-corrected chi connectivity index (χ3v) is 4.91. The molecule has 4 rings (SSSR count). The Morgan fingerprint density at radius 3 is 2.42 bits per heavy atom. The minimum absolute atomic E-state index is 0.0702. The summed E-state index contributed by atoms with van der Waals surface area (Å²) in [5.41, 5.74) is 4.92. The van der Waals surface area contributed by atoms with Gasteiger partial charge in [0.25, 0.3) is 5.91 Å². The zero-order chi connectivity index (χ0) is 18.3. The van der Waals surface area contributed by atoms with Crippen molar-refractivity contribution in [1.29, 1.82) is 0 Å². The van der Waals surface area contributed by atoms with Crippen LogP contribution in [0.2, 0.25) is 5.02 Å². The quantitative estimate of drug-likeness (QED) is 0.702. The van der Waals surface area contributed by atoms with Gasteiger partial charge in [-0.3, -0.25) is 9.69 Å². The van der Waals surface area contributed by atoms with Crippen LogP contribution >= 0.6 is 11.6 Å². The average molecular weight is 364 g/mol. The largest absolute Gasteiger partial charge is 0.361 e. The lowest BCUT2D eigenvalue weighted by Gasteiger charge is -2.27. The van der Waals surface area contributed by atoms with Gasteiger partial charge in [-0.1, -0.05) is 48.0 Å². The van der Waals surface area contributed by atoms with Crippen molar-refractivity contribution in [3.8, 4) is 0 Å². The predicted molar refractivity (Wildman–Crippen MR) is 105 cm³/mol. The summed E-state index contributed by atoms with van der Waals surface area (Å²) in [6.45, 7) is 4.12. The molecule has 5 heteroatoms. The summed E-state index contributed by atoms with van der Waals surface area (Å²) in [5.74, 6) is 0.499. The van der Waals surface area contributed by atoms with E-state index in [1.54, 1.807) is 23.2 Å². The second-order valence-electron chi connectivity index (χ2n) is 6.41. The lowest BCUT2D eigenvalue weighted by atomic mass is 10.1. The first-order valence-corrected chi connectivity index (χ1v) is 8.81. The summed E-state index contributed by atoms with van der Waals surface area (Å²) in [4.78, 5) is 19.1. The van der Waals surface area contributed by atoms with E-state index in [1.165, 1.54) is 0 Å². The molecule has 130 valence electrons. The molecule has 0 aliphatic carbocycles. The lowest BCUT2D eigenvalue weighted by molar-refractivity contribution is 0.0992. The Balaban J connectivity index is 1.82. The van der Waals surface area contributed by atoms with Gasteiger partial charge in [-0.15, -0.1) is 0 Å². The minimum atomic E-state index is -0.327. The van der Waals surface area contributed by atoms with Gasteiger partial charge < -0.3 is 5.32 Å². The standard InChI is InChI=1S/C21H18ClN3O/c1-13-6-5-7-14(2)19(13)24-20-16-8-3-4-9-17(16)21(26)25(20)18-11-10-15(22)12-23-18/h3-12,20,24H,1-2H3/t20-/m0/s1. The number of amides is 1. The fraction of sp³-hybridized carbons (Fsp3) is 0.143. The van der Waals surface area contributed by atoms with E-state index in [-0.39, 0.29) is 12.1 Å². The number of hydrogen-bond acceptors (Lipinski definition) is 3. The van der Waals surface area contributed by atoms with E-state index in [0.717, 1.165) is 22.4 Å². The highest BCUT2D eigenvalue weighted by Gasteiger charge is 2.38. The van der Waals surface area contributed by atoms with Crippen molar-refractivity contribution in [2.75, 3.05) is 10.2 Å². The van der Waals surface area contributed by atoms with Crippen molar-refractivity contribution < 1.29 is 4.79 Å². The maximum Gasteiger partial charge on any atom is 0.261 e. The van der Waals surface area contributed by atoms with Crippen LogP contribution in [0.3, 0.4) is 0 Å². The highest BCUT2D eigenvalue weighted by atomic mass is 35.5. The Bertz CT molecular complexity index is 965. The molecular formula is C21H18ClN3O. The molecule has 26 heavy (non-hydrogen) atoms. The van der Waals surface area contributed by atoms with E-state index in [9.17, 15) is 4.79 Å². The number of aromatic nitrogens is 1. The summed E-state index contributed by atoms with van der Waals surface area (Å²) < 4.78 is 0. The van der Waals surface area contributed by atoms with E-state index in [2.05, 4.69) is 36.3 Å². The first-order chi connectivity index (χ1) is 12.6. The van der Waals surface area contributed by atoms with E-state index < -0.39 is 0 Å². The molecule has 0 bridgehead atoms. The normalized spacial score (nSPS) is 15.9. The van der Waals surface area contributed by atoms with Crippen LogP contribution in [0, 0.1) is 13.8 Å². The Morgan fingerprint density at radius 2 is 1.73 bits per heavy atom. The van der Waals surface area contributed by atoms with Crippen molar-refractivity contribution >= 4 is 29.0 Å². The van der Waals surface area contributed by atoms with Gasteiger partial charge >= 0.3 is 0 Å². The molecule has 0 spiro atoms. The van der Waals surface area contributed by atoms with Crippen LogP contribution in [0.1, 0.15) is 33.2 Å². The fourth-order valence-corrected chi connectivity index (χ4v) is 3.50. The number of hydrogen-bond donors (Lipinski definition) is 1. The van der Waals surface area contributed by atoms with Crippen LogP contribution in [-0.2, 0) is 0 Å². The highest BCUT2D eigenvalue weighted by molar-refractivity contribution is 6.30. The number of benzene rings is 2. The summed E-state index contributed by atoms with van der Waals surface area (Å²) in [6, 6.07) is 17.3. The Morgan fingerprint density at radius 1 is 1.00 bits per heavy atom. The Labute approximate surface area is 157 Å². The minimum Gasteiger partial charge on any atom is -0.361 e. The zero-order valence-corrected chi connectivity index (χ0v) is 15.3. The van der Waals surface area contributed by atoms with Crippen LogP contribution in [0.15, 0.2) is 60.8 Å². The van der Waals surface area contributed by atoms with Gasteiger partial charge in [0.05, 0.1) is 5.02 Å². The van der Waals surface area contributed by atoms with Crippen molar-refractivity contribution in [1.82, 2.24) is 4.98 Å². The average Bonchev–Trinajstić information content (AvgIpc) is 2.92. The molecule has 0 radical (unpaired) electrons. The van der Waals surface area contributed by atoms with Gasteiger partial charge in [0.1, 0.15) is 12.0 Å². The fourth-order valence-electron chi connectivity index (χ4n) is 3.38. The zero-order valence-electron chi connectivity index (χ0n) is 14.5. The Kier molecular flexibility index (Phi) is 4.13. The van der Waals surface area contributed by atoms with E-state index in [0.29, 0.717) is 16.4 Å². The molecule has 2 aromatic carbocycles. The topological polar surface area (TPSA) is 45.2 Å². The van der Waals surface area contributed by atoms with Crippen LogP contribution in [0.25, 0.3) is 0 Å². The molecule has 1 atom stereocenters. The first-order valence-electron chi connectivity index (χ1n) is 8.43. The van der Waals surface area contributed by atoms with E-state index in [4.69, 9.17) is 11.6 Å². The van der Waals surface area contributed by atoms with E-state index >= 15 is 0 Å². The number of para-hydroxylation sites is 1. The number of nitrogens with zero attached hydrogens (tertiary/aromatic N) is 2. The number of aryl methyl sites for hydroxylation is 2. The summed E-state index contributed by atoms with van der Waals surface area (Å²) in [6.07, 6.45) is 1.23. The van der Waals surface area contributed by atoms with Crippen LogP contribution in [-0.4, -0.2) is 10.9 Å². The number of pyridine rings is 1. The third-order valence-electron chi connectivity index (χ3n) is 4.68. The van der Waals surface area contributed by atoms with Crippen molar-refractivity contribution in [2.45, 2.75) is 20.0 Å². The van der Waals surface area contributed by atoms with Gasteiger partial charge in [-0.25, -0.2) is 4.98 Å². The predicted octanol–water partition coefficient (Wildman–Crippen LogP) is 5.12. The van der Waals surface area contributed by atoms with Gasteiger partial charge in [0, 0.05) is 23.0 Å². The second-order valence-corrected chi connectivity index (χ2v) is 6.85. The number of carbonyl (C=O) groups is 1.